The first-order chi connectivity index (χ1) is 7.86. The van der Waals surface area contributed by atoms with Crippen LogP contribution in [0.1, 0.15) is 17.4 Å². The van der Waals surface area contributed by atoms with Gasteiger partial charge in [-0.25, -0.2) is 0 Å². The highest BCUT2D eigenvalue weighted by molar-refractivity contribution is 6.99. The molecule has 5 nitrogen and oxygen atoms in total. The molecule has 16 heavy (non-hydrogen) atoms. The van der Waals surface area contributed by atoms with Crippen LogP contribution in [-0.2, 0) is 0 Å². The molecule has 2 aromatic heterocycles. The maximum atomic E-state index is 5.28. The van der Waals surface area contributed by atoms with Crippen molar-refractivity contribution in [3.63, 3.8) is 0 Å². The van der Waals surface area contributed by atoms with E-state index in [-0.39, 0.29) is 6.04 Å². The van der Waals surface area contributed by atoms with Crippen molar-refractivity contribution in [2.75, 3.05) is 14.2 Å². The standard InChI is InChI=1S/C10H12N4OS/c1-11-9(7-6-13-16-14-7)10-8(15-2)4-3-5-12-10/h3-6,9,11H,1-2H3. The summed E-state index contributed by atoms with van der Waals surface area (Å²) in [6, 6.07) is 3.63. The molecule has 2 rings (SSSR count). The molecule has 0 aromatic carbocycles. The summed E-state index contributed by atoms with van der Waals surface area (Å²) in [5.74, 6) is 0.745. The summed E-state index contributed by atoms with van der Waals surface area (Å²) >= 11 is 1.18. The summed E-state index contributed by atoms with van der Waals surface area (Å²) in [7, 11) is 3.49. The first kappa shape index (κ1) is 11.0. The molecule has 0 saturated heterocycles. The summed E-state index contributed by atoms with van der Waals surface area (Å²) in [6.45, 7) is 0. The van der Waals surface area contributed by atoms with Crippen molar-refractivity contribution in [3.05, 3.63) is 35.9 Å². The van der Waals surface area contributed by atoms with E-state index in [2.05, 4.69) is 19.0 Å². The Morgan fingerprint density at radius 2 is 2.38 bits per heavy atom. The molecule has 2 aromatic rings. The van der Waals surface area contributed by atoms with Crippen LogP contribution >= 0.6 is 11.7 Å². The Bertz CT molecular complexity index is 446. The van der Waals surface area contributed by atoms with Gasteiger partial charge in [0.05, 0.1) is 36.8 Å². The molecule has 84 valence electrons. The van der Waals surface area contributed by atoms with E-state index >= 15 is 0 Å². The third kappa shape index (κ3) is 2.02. The number of ether oxygens (including phenoxy) is 1. The fourth-order valence-electron chi connectivity index (χ4n) is 1.52. The van der Waals surface area contributed by atoms with Crippen molar-refractivity contribution in [2.45, 2.75) is 6.04 Å². The van der Waals surface area contributed by atoms with E-state index in [4.69, 9.17) is 4.74 Å². The number of hydrogen-bond acceptors (Lipinski definition) is 6. The van der Waals surface area contributed by atoms with Gasteiger partial charge >= 0.3 is 0 Å². The van der Waals surface area contributed by atoms with E-state index < -0.39 is 0 Å². The monoisotopic (exact) mass is 236 g/mol. The average molecular weight is 236 g/mol. The molecule has 0 saturated carbocycles. The van der Waals surface area contributed by atoms with E-state index in [0.717, 1.165) is 17.1 Å². The van der Waals surface area contributed by atoms with Gasteiger partial charge in [0.25, 0.3) is 0 Å². The van der Waals surface area contributed by atoms with Crippen LogP contribution in [0.3, 0.4) is 0 Å². The molecule has 0 spiro atoms. The van der Waals surface area contributed by atoms with E-state index in [1.165, 1.54) is 11.7 Å². The van der Waals surface area contributed by atoms with E-state index in [0.29, 0.717) is 0 Å². The summed E-state index contributed by atoms with van der Waals surface area (Å²) in [4.78, 5) is 4.33. The molecule has 1 unspecified atom stereocenters. The van der Waals surface area contributed by atoms with Crippen molar-refractivity contribution >= 4 is 11.7 Å². The van der Waals surface area contributed by atoms with Crippen molar-refractivity contribution in [1.29, 1.82) is 0 Å². The van der Waals surface area contributed by atoms with Crippen LogP contribution in [0, 0.1) is 0 Å². The number of aromatic nitrogens is 3. The molecular weight excluding hydrogens is 224 g/mol. The molecule has 0 aliphatic carbocycles. The summed E-state index contributed by atoms with van der Waals surface area (Å²) in [5.41, 5.74) is 1.67. The largest absolute Gasteiger partial charge is 0.495 e. The first-order valence-electron chi connectivity index (χ1n) is 4.80. The van der Waals surface area contributed by atoms with Gasteiger partial charge in [-0.05, 0) is 19.2 Å². The highest BCUT2D eigenvalue weighted by Gasteiger charge is 2.19. The van der Waals surface area contributed by atoms with Crippen molar-refractivity contribution in [3.8, 4) is 5.75 Å². The molecule has 0 aliphatic rings. The van der Waals surface area contributed by atoms with Crippen LogP contribution in [0.4, 0.5) is 0 Å². The molecule has 0 aliphatic heterocycles. The number of pyridine rings is 1. The fraction of sp³-hybridized carbons (Fsp3) is 0.300. The lowest BCUT2D eigenvalue weighted by Gasteiger charge is -2.15. The average Bonchev–Trinajstić information content (AvgIpc) is 2.84. The van der Waals surface area contributed by atoms with Gasteiger partial charge in [0.1, 0.15) is 11.4 Å². The van der Waals surface area contributed by atoms with Gasteiger partial charge in [0, 0.05) is 6.20 Å². The lowest BCUT2D eigenvalue weighted by molar-refractivity contribution is 0.401. The van der Waals surface area contributed by atoms with Crippen LogP contribution in [0.5, 0.6) is 5.75 Å². The Balaban J connectivity index is 2.41. The number of hydrogen-bond donors (Lipinski definition) is 1. The minimum Gasteiger partial charge on any atom is -0.495 e. The van der Waals surface area contributed by atoms with Gasteiger partial charge in [-0.2, -0.15) is 8.75 Å². The molecule has 1 N–H and O–H groups in total. The van der Waals surface area contributed by atoms with E-state index in [9.17, 15) is 0 Å². The highest BCUT2D eigenvalue weighted by atomic mass is 32.1. The maximum absolute atomic E-state index is 5.28. The Kier molecular flexibility index (Phi) is 3.43. The Morgan fingerprint density at radius 3 is 3.00 bits per heavy atom. The third-order valence-corrected chi connectivity index (χ3v) is 2.75. The van der Waals surface area contributed by atoms with Gasteiger partial charge in [-0.15, -0.1) is 0 Å². The first-order valence-corrected chi connectivity index (χ1v) is 5.53. The number of methoxy groups -OCH3 is 1. The van der Waals surface area contributed by atoms with Gasteiger partial charge in [0.15, 0.2) is 0 Å². The second-order valence-corrected chi connectivity index (χ2v) is 3.70. The topological polar surface area (TPSA) is 59.9 Å². The van der Waals surface area contributed by atoms with Crippen LogP contribution in [0.2, 0.25) is 0 Å². The van der Waals surface area contributed by atoms with Crippen LogP contribution in [0.25, 0.3) is 0 Å². The number of nitrogens with one attached hydrogen (secondary N) is 1. The van der Waals surface area contributed by atoms with Crippen LogP contribution in [0.15, 0.2) is 24.5 Å². The zero-order valence-electron chi connectivity index (χ0n) is 9.04. The summed E-state index contributed by atoms with van der Waals surface area (Å²) in [6.07, 6.45) is 3.47. The smallest absolute Gasteiger partial charge is 0.142 e. The normalized spacial score (nSPS) is 12.4. The van der Waals surface area contributed by atoms with Gasteiger partial charge in [-0.1, -0.05) is 0 Å². The fourth-order valence-corrected chi connectivity index (χ4v) is 1.97. The molecule has 0 bridgehead atoms. The summed E-state index contributed by atoms with van der Waals surface area (Å²) < 4.78 is 13.5. The predicted molar refractivity (Wildman–Crippen MR) is 61.6 cm³/mol. The van der Waals surface area contributed by atoms with Gasteiger partial charge < -0.3 is 10.1 Å². The van der Waals surface area contributed by atoms with Crippen LogP contribution < -0.4 is 10.1 Å². The Hall–Kier alpha value is -1.53. The molecule has 0 radical (unpaired) electrons. The Labute approximate surface area is 97.8 Å². The zero-order chi connectivity index (χ0) is 11.4. The minimum atomic E-state index is -0.0881. The summed E-state index contributed by atoms with van der Waals surface area (Å²) in [5, 5.41) is 3.16. The van der Waals surface area contributed by atoms with Crippen molar-refractivity contribution in [1.82, 2.24) is 19.0 Å². The SMILES string of the molecule is CNC(c1cnsn1)c1ncccc1OC. The maximum Gasteiger partial charge on any atom is 0.142 e. The molecule has 0 fully saturated rings. The Morgan fingerprint density at radius 1 is 1.50 bits per heavy atom. The van der Waals surface area contributed by atoms with E-state index in [1.807, 2.05) is 19.2 Å². The number of nitrogens with zero attached hydrogens (tertiary/aromatic N) is 3. The number of rotatable bonds is 4. The van der Waals surface area contributed by atoms with Crippen LogP contribution in [-0.4, -0.2) is 27.9 Å². The predicted octanol–water partition coefficient (Wildman–Crippen LogP) is 1.25. The minimum absolute atomic E-state index is 0.0881. The molecular formula is C10H12N4OS. The second kappa shape index (κ2) is 5.00. The molecule has 1 atom stereocenters. The lowest BCUT2D eigenvalue weighted by atomic mass is 10.1. The molecule has 0 amide bonds. The third-order valence-electron chi connectivity index (χ3n) is 2.26. The molecule has 6 heteroatoms. The quantitative estimate of drug-likeness (QED) is 0.865. The second-order valence-electron chi connectivity index (χ2n) is 3.14. The van der Waals surface area contributed by atoms with Gasteiger partial charge in [-0.3, -0.25) is 4.98 Å². The van der Waals surface area contributed by atoms with Crippen molar-refractivity contribution < 1.29 is 4.74 Å². The zero-order valence-corrected chi connectivity index (χ0v) is 9.86. The van der Waals surface area contributed by atoms with Crippen molar-refractivity contribution in [2.24, 2.45) is 0 Å². The highest BCUT2D eigenvalue weighted by Crippen LogP contribution is 2.26. The van der Waals surface area contributed by atoms with Gasteiger partial charge in [0.2, 0.25) is 0 Å². The van der Waals surface area contributed by atoms with E-state index in [1.54, 1.807) is 19.5 Å². The lowest BCUT2D eigenvalue weighted by Crippen LogP contribution is -2.19. The molecule has 2 heterocycles.